The van der Waals surface area contributed by atoms with Crippen molar-refractivity contribution < 1.29 is 9.59 Å². The van der Waals surface area contributed by atoms with E-state index in [1.807, 2.05) is 0 Å². The molecule has 1 N–H and O–H groups in total. The Kier molecular flexibility index (Phi) is 5.97. The van der Waals surface area contributed by atoms with Crippen LogP contribution >= 0.6 is 22.9 Å². The molecule has 9 heteroatoms. The van der Waals surface area contributed by atoms with Gasteiger partial charge in [-0.1, -0.05) is 18.0 Å². The number of aromatic nitrogens is 2. The van der Waals surface area contributed by atoms with Crippen molar-refractivity contribution in [2.75, 3.05) is 18.4 Å². The average Bonchev–Trinajstić information content (AvgIpc) is 3.37. The number of nitrogens with zero attached hydrogens (tertiary/aromatic N) is 3. The van der Waals surface area contributed by atoms with E-state index >= 15 is 0 Å². The lowest BCUT2D eigenvalue weighted by atomic mass is 10.1. The van der Waals surface area contributed by atoms with E-state index in [-0.39, 0.29) is 17.4 Å². The van der Waals surface area contributed by atoms with E-state index in [0.717, 1.165) is 44.3 Å². The number of carbonyl (C=O) groups excluding carboxylic acids is 2. The molecule has 1 fully saturated rings. The van der Waals surface area contributed by atoms with Gasteiger partial charge in [0.15, 0.2) is 0 Å². The maximum atomic E-state index is 13.3. The van der Waals surface area contributed by atoms with Crippen LogP contribution in [-0.4, -0.2) is 39.4 Å². The Bertz CT molecular complexity index is 1320. The minimum Gasteiger partial charge on any atom is -0.339 e. The summed E-state index contributed by atoms with van der Waals surface area (Å²) in [4.78, 5) is 47.1. The third-order valence-corrected chi connectivity index (χ3v) is 7.89. The van der Waals surface area contributed by atoms with Crippen LogP contribution in [0.3, 0.4) is 0 Å². The number of amides is 2. The number of thiophene rings is 1. The molecule has 2 aromatic heterocycles. The lowest BCUT2D eigenvalue weighted by molar-refractivity contribution is 0.0794. The molecule has 0 unspecified atom stereocenters. The van der Waals surface area contributed by atoms with Crippen LogP contribution in [-0.2, 0) is 13.0 Å². The normalized spacial score (nSPS) is 16.0. The van der Waals surface area contributed by atoms with Gasteiger partial charge < -0.3 is 10.2 Å². The molecule has 3 aromatic rings. The van der Waals surface area contributed by atoms with Crippen molar-refractivity contribution in [3.8, 4) is 0 Å². The third kappa shape index (κ3) is 4.06. The summed E-state index contributed by atoms with van der Waals surface area (Å²) in [5, 5.41) is 3.84. The SMILES string of the molecule is Cc1c(C(=O)Nc2ccc(Cl)cc2C(=O)N2CCCC2)sc2nc3n(c(=O)c12)CCCCC3. The van der Waals surface area contributed by atoms with Gasteiger partial charge in [-0.05, 0) is 56.4 Å². The monoisotopic (exact) mass is 484 g/mol. The van der Waals surface area contributed by atoms with E-state index < -0.39 is 0 Å². The molecule has 5 rings (SSSR count). The Balaban J connectivity index is 1.50. The molecule has 4 heterocycles. The van der Waals surface area contributed by atoms with Gasteiger partial charge in [0, 0.05) is 31.1 Å². The molecule has 2 amide bonds. The van der Waals surface area contributed by atoms with E-state index in [4.69, 9.17) is 16.6 Å². The molecule has 0 saturated carbocycles. The zero-order valence-electron chi connectivity index (χ0n) is 18.4. The largest absolute Gasteiger partial charge is 0.339 e. The lowest BCUT2D eigenvalue weighted by Crippen LogP contribution is -2.29. The molecule has 7 nitrogen and oxygen atoms in total. The van der Waals surface area contributed by atoms with Crippen LogP contribution in [0.2, 0.25) is 5.02 Å². The Labute approximate surface area is 200 Å². The van der Waals surface area contributed by atoms with Gasteiger partial charge in [0.25, 0.3) is 17.4 Å². The van der Waals surface area contributed by atoms with Crippen LogP contribution in [0, 0.1) is 6.92 Å². The van der Waals surface area contributed by atoms with Crippen LogP contribution in [0.5, 0.6) is 0 Å². The summed E-state index contributed by atoms with van der Waals surface area (Å²) in [6.45, 7) is 3.86. The molecular weight excluding hydrogens is 460 g/mol. The summed E-state index contributed by atoms with van der Waals surface area (Å²) in [6.07, 6.45) is 5.78. The van der Waals surface area contributed by atoms with Crippen molar-refractivity contribution in [2.45, 2.75) is 52.0 Å². The van der Waals surface area contributed by atoms with Crippen LogP contribution in [0.4, 0.5) is 5.69 Å². The average molecular weight is 485 g/mol. The number of likely N-dealkylation sites (tertiary alicyclic amines) is 1. The van der Waals surface area contributed by atoms with Gasteiger partial charge in [-0.25, -0.2) is 4.98 Å². The van der Waals surface area contributed by atoms with E-state index in [9.17, 15) is 14.4 Å². The lowest BCUT2D eigenvalue weighted by Gasteiger charge is -2.18. The van der Waals surface area contributed by atoms with Crippen molar-refractivity contribution in [1.29, 1.82) is 0 Å². The van der Waals surface area contributed by atoms with E-state index in [1.54, 1.807) is 34.6 Å². The summed E-state index contributed by atoms with van der Waals surface area (Å²) in [6, 6.07) is 4.91. The molecule has 0 atom stereocenters. The number of halogens is 1. The number of aryl methyl sites for hydroxylation is 2. The van der Waals surface area contributed by atoms with Crippen molar-refractivity contribution >= 4 is 50.7 Å². The topological polar surface area (TPSA) is 84.3 Å². The van der Waals surface area contributed by atoms with Crippen molar-refractivity contribution in [3.63, 3.8) is 0 Å². The zero-order valence-corrected chi connectivity index (χ0v) is 20.0. The maximum Gasteiger partial charge on any atom is 0.266 e. The highest BCUT2D eigenvalue weighted by Gasteiger charge is 2.25. The van der Waals surface area contributed by atoms with Gasteiger partial charge in [-0.3, -0.25) is 19.0 Å². The number of anilines is 1. The molecule has 0 spiro atoms. The van der Waals surface area contributed by atoms with Crippen LogP contribution in [0.25, 0.3) is 10.2 Å². The standard InChI is InChI=1S/C24H25ClN4O3S/c1-14-19-22(27-18-7-3-2-4-12-29(18)24(19)32)33-20(14)21(30)26-17-9-8-15(25)13-16(17)23(31)28-10-5-6-11-28/h8-9,13H,2-7,10-12H2,1H3,(H,26,30). The van der Waals surface area contributed by atoms with Crippen LogP contribution in [0.15, 0.2) is 23.0 Å². The van der Waals surface area contributed by atoms with Gasteiger partial charge in [0.2, 0.25) is 0 Å². The first-order valence-electron chi connectivity index (χ1n) is 11.4. The molecule has 0 radical (unpaired) electrons. The van der Waals surface area contributed by atoms with Gasteiger partial charge in [-0.2, -0.15) is 0 Å². The fourth-order valence-electron chi connectivity index (χ4n) is 4.70. The van der Waals surface area contributed by atoms with Gasteiger partial charge in [-0.15, -0.1) is 11.3 Å². The quantitative estimate of drug-likeness (QED) is 0.587. The molecular formula is C24H25ClN4O3S. The Morgan fingerprint density at radius 2 is 1.85 bits per heavy atom. The molecule has 0 bridgehead atoms. The van der Waals surface area contributed by atoms with Gasteiger partial charge in [0.05, 0.1) is 21.5 Å². The number of hydrogen-bond donors (Lipinski definition) is 1. The second kappa shape index (κ2) is 8.91. The first-order valence-corrected chi connectivity index (χ1v) is 12.6. The van der Waals surface area contributed by atoms with E-state index in [0.29, 0.717) is 56.6 Å². The molecule has 1 saturated heterocycles. The summed E-state index contributed by atoms with van der Waals surface area (Å²) in [5.41, 5.74) is 1.35. The number of benzene rings is 1. The first kappa shape index (κ1) is 22.1. The fourth-order valence-corrected chi connectivity index (χ4v) is 5.96. The van der Waals surface area contributed by atoms with Gasteiger partial charge in [0.1, 0.15) is 10.7 Å². The molecule has 2 aliphatic heterocycles. The number of carbonyl (C=O) groups is 2. The van der Waals surface area contributed by atoms with Crippen LogP contribution in [0.1, 0.15) is 63.5 Å². The Hall–Kier alpha value is -2.71. The molecule has 33 heavy (non-hydrogen) atoms. The fraction of sp³-hybridized carbons (Fsp3) is 0.417. The minimum atomic E-state index is -0.354. The molecule has 1 aromatic carbocycles. The van der Waals surface area contributed by atoms with Crippen molar-refractivity contribution in [1.82, 2.24) is 14.5 Å². The van der Waals surface area contributed by atoms with Gasteiger partial charge >= 0.3 is 0 Å². The number of nitrogens with one attached hydrogen (secondary N) is 1. The second-order valence-corrected chi connectivity index (χ2v) is 10.1. The van der Waals surface area contributed by atoms with Crippen molar-refractivity contribution in [2.24, 2.45) is 0 Å². The molecule has 172 valence electrons. The summed E-state index contributed by atoms with van der Waals surface area (Å²) in [5.74, 6) is 0.310. The number of fused-ring (bicyclic) bond motifs is 2. The minimum absolute atomic E-state index is 0.0684. The van der Waals surface area contributed by atoms with E-state index in [1.165, 1.54) is 11.3 Å². The second-order valence-electron chi connectivity index (χ2n) is 8.68. The predicted molar refractivity (Wildman–Crippen MR) is 131 cm³/mol. The Morgan fingerprint density at radius 1 is 1.09 bits per heavy atom. The molecule has 2 aliphatic rings. The number of hydrogen-bond acceptors (Lipinski definition) is 5. The summed E-state index contributed by atoms with van der Waals surface area (Å²) < 4.78 is 1.77. The molecule has 0 aliphatic carbocycles. The highest BCUT2D eigenvalue weighted by Crippen LogP contribution is 2.30. The smallest absolute Gasteiger partial charge is 0.266 e. The third-order valence-electron chi connectivity index (χ3n) is 6.47. The maximum absolute atomic E-state index is 13.3. The Morgan fingerprint density at radius 3 is 2.64 bits per heavy atom. The van der Waals surface area contributed by atoms with Crippen molar-refractivity contribution in [3.05, 3.63) is 55.4 Å². The summed E-state index contributed by atoms with van der Waals surface area (Å²) in [7, 11) is 0. The zero-order chi connectivity index (χ0) is 23.1. The number of rotatable bonds is 3. The highest BCUT2D eigenvalue weighted by molar-refractivity contribution is 7.20. The van der Waals surface area contributed by atoms with E-state index in [2.05, 4.69) is 5.32 Å². The first-order chi connectivity index (χ1) is 15.9. The predicted octanol–water partition coefficient (Wildman–Crippen LogP) is 4.63. The summed E-state index contributed by atoms with van der Waals surface area (Å²) >= 11 is 7.39. The van der Waals surface area contributed by atoms with Crippen LogP contribution < -0.4 is 10.9 Å². The highest BCUT2D eigenvalue weighted by atomic mass is 35.5.